The monoisotopic (exact) mass is 302 g/mol. The lowest BCUT2D eigenvalue weighted by Crippen LogP contribution is -2.42. The number of hydrogen-bond acceptors (Lipinski definition) is 2. The Bertz CT molecular complexity index is 642. The van der Waals surface area contributed by atoms with Gasteiger partial charge in [-0.15, -0.1) is 0 Å². The molecule has 1 aromatic carbocycles. The Hall–Kier alpha value is -1.81. The molecule has 3 N–H and O–H groups in total. The van der Waals surface area contributed by atoms with Gasteiger partial charge in [0.15, 0.2) is 0 Å². The fraction of sp³-hybridized carbons (Fsp3) is 0.500. The van der Waals surface area contributed by atoms with Crippen LogP contribution in [-0.4, -0.2) is 28.1 Å². The molecule has 4 nitrogen and oxygen atoms in total. The predicted octanol–water partition coefficient (Wildman–Crippen LogP) is 3.08. The maximum atomic E-state index is 12.0. The van der Waals surface area contributed by atoms with Crippen LogP contribution in [0.3, 0.4) is 0 Å². The van der Waals surface area contributed by atoms with E-state index in [0.29, 0.717) is 32.2 Å². The number of hydrogen-bond donors (Lipinski definition) is 3. The van der Waals surface area contributed by atoms with Crippen molar-refractivity contribution in [3.63, 3.8) is 0 Å². The van der Waals surface area contributed by atoms with Gasteiger partial charge in [0.25, 0.3) is 0 Å². The number of rotatable bonds is 7. The summed E-state index contributed by atoms with van der Waals surface area (Å²) in [6.45, 7) is 6.26. The van der Waals surface area contributed by atoms with Gasteiger partial charge in [-0.3, -0.25) is 4.79 Å². The zero-order valence-electron chi connectivity index (χ0n) is 13.7. The summed E-state index contributed by atoms with van der Waals surface area (Å²) in [7, 11) is 0. The van der Waals surface area contributed by atoms with Gasteiger partial charge in [-0.2, -0.15) is 0 Å². The number of aromatic amines is 1. The largest absolute Gasteiger partial charge is 0.388 e. The summed E-state index contributed by atoms with van der Waals surface area (Å²) in [6, 6.07) is 6.29. The lowest BCUT2D eigenvalue weighted by atomic mass is 9.97. The van der Waals surface area contributed by atoms with Crippen molar-refractivity contribution in [2.24, 2.45) is 0 Å². The fourth-order valence-electron chi connectivity index (χ4n) is 2.60. The van der Waals surface area contributed by atoms with Crippen LogP contribution in [0.2, 0.25) is 0 Å². The summed E-state index contributed by atoms with van der Waals surface area (Å²) in [5, 5.41) is 14.2. The van der Waals surface area contributed by atoms with E-state index in [1.807, 2.05) is 20.0 Å². The van der Waals surface area contributed by atoms with Crippen molar-refractivity contribution in [2.75, 3.05) is 6.54 Å². The molecular weight excluding hydrogens is 276 g/mol. The number of aryl methyl sites for hydroxylation is 2. The molecule has 0 aliphatic carbocycles. The number of fused-ring (bicyclic) bond motifs is 1. The standard InChI is InChI=1S/C18H26N2O2/c1-4-18(22,5-2)12-20-17(21)9-7-14-11-19-16-8-6-13(3)10-15(14)16/h6,8,10-11,19,22H,4-5,7,9,12H2,1-3H3,(H,20,21). The van der Waals surface area contributed by atoms with Crippen molar-refractivity contribution >= 4 is 16.8 Å². The third kappa shape index (κ3) is 3.89. The Labute approximate surface area is 131 Å². The van der Waals surface area contributed by atoms with Crippen LogP contribution in [0.25, 0.3) is 10.9 Å². The third-order valence-electron chi connectivity index (χ3n) is 4.48. The van der Waals surface area contributed by atoms with Gasteiger partial charge in [-0.05, 0) is 43.9 Å². The van der Waals surface area contributed by atoms with Crippen LogP contribution in [0, 0.1) is 6.92 Å². The first-order valence-electron chi connectivity index (χ1n) is 8.03. The van der Waals surface area contributed by atoms with Gasteiger partial charge in [-0.25, -0.2) is 0 Å². The normalized spacial score (nSPS) is 11.8. The molecule has 0 saturated carbocycles. The first kappa shape index (κ1) is 16.6. The van der Waals surface area contributed by atoms with E-state index in [4.69, 9.17) is 0 Å². The Morgan fingerprint density at radius 1 is 1.32 bits per heavy atom. The summed E-state index contributed by atoms with van der Waals surface area (Å²) in [5.74, 6) is -0.0117. The Balaban J connectivity index is 1.92. The van der Waals surface area contributed by atoms with Crippen molar-refractivity contribution < 1.29 is 9.90 Å². The molecule has 1 aromatic heterocycles. The van der Waals surface area contributed by atoms with E-state index in [1.54, 1.807) is 0 Å². The average molecular weight is 302 g/mol. The van der Waals surface area contributed by atoms with Crippen LogP contribution < -0.4 is 5.32 Å². The molecule has 2 aromatic rings. The predicted molar refractivity (Wildman–Crippen MR) is 89.9 cm³/mol. The second-order valence-electron chi connectivity index (χ2n) is 6.07. The van der Waals surface area contributed by atoms with E-state index < -0.39 is 5.60 Å². The van der Waals surface area contributed by atoms with Gasteiger partial charge in [0.05, 0.1) is 5.60 Å². The summed E-state index contributed by atoms with van der Waals surface area (Å²) < 4.78 is 0. The molecule has 0 spiro atoms. The number of carbonyl (C=O) groups is 1. The number of amides is 1. The third-order valence-corrected chi connectivity index (χ3v) is 4.48. The molecule has 0 bridgehead atoms. The lowest BCUT2D eigenvalue weighted by Gasteiger charge is -2.25. The molecule has 0 unspecified atom stereocenters. The van der Waals surface area contributed by atoms with Crippen LogP contribution in [-0.2, 0) is 11.2 Å². The van der Waals surface area contributed by atoms with E-state index in [1.165, 1.54) is 10.9 Å². The zero-order valence-corrected chi connectivity index (χ0v) is 13.7. The maximum Gasteiger partial charge on any atom is 0.220 e. The molecule has 120 valence electrons. The molecule has 1 heterocycles. The molecule has 0 saturated heterocycles. The minimum absolute atomic E-state index is 0.0117. The van der Waals surface area contributed by atoms with E-state index in [0.717, 1.165) is 11.1 Å². The van der Waals surface area contributed by atoms with Crippen LogP contribution in [0.15, 0.2) is 24.4 Å². The minimum atomic E-state index is -0.784. The van der Waals surface area contributed by atoms with Crippen molar-refractivity contribution in [1.82, 2.24) is 10.3 Å². The van der Waals surface area contributed by atoms with Gasteiger partial charge in [-0.1, -0.05) is 25.5 Å². The maximum absolute atomic E-state index is 12.0. The van der Waals surface area contributed by atoms with Gasteiger partial charge in [0.1, 0.15) is 0 Å². The Morgan fingerprint density at radius 3 is 2.73 bits per heavy atom. The average Bonchev–Trinajstić information content (AvgIpc) is 2.92. The van der Waals surface area contributed by atoms with E-state index >= 15 is 0 Å². The molecule has 22 heavy (non-hydrogen) atoms. The highest BCUT2D eigenvalue weighted by Gasteiger charge is 2.22. The van der Waals surface area contributed by atoms with Crippen molar-refractivity contribution in [1.29, 1.82) is 0 Å². The zero-order chi connectivity index (χ0) is 16.2. The summed E-state index contributed by atoms with van der Waals surface area (Å²) in [4.78, 5) is 15.2. The Morgan fingerprint density at radius 2 is 2.05 bits per heavy atom. The molecule has 0 aliphatic rings. The lowest BCUT2D eigenvalue weighted by molar-refractivity contribution is -0.122. The first-order valence-corrected chi connectivity index (χ1v) is 8.03. The number of aliphatic hydroxyl groups is 1. The Kier molecular flexibility index (Phi) is 5.24. The minimum Gasteiger partial charge on any atom is -0.388 e. The van der Waals surface area contributed by atoms with Gasteiger partial charge in [0, 0.05) is 30.1 Å². The highest BCUT2D eigenvalue weighted by atomic mass is 16.3. The van der Waals surface area contributed by atoms with Gasteiger partial charge < -0.3 is 15.4 Å². The number of benzene rings is 1. The fourth-order valence-corrected chi connectivity index (χ4v) is 2.60. The second-order valence-corrected chi connectivity index (χ2v) is 6.07. The molecule has 0 aliphatic heterocycles. The topological polar surface area (TPSA) is 65.1 Å². The molecule has 1 amide bonds. The second kappa shape index (κ2) is 6.97. The molecule has 4 heteroatoms. The molecule has 0 radical (unpaired) electrons. The highest BCUT2D eigenvalue weighted by Crippen LogP contribution is 2.21. The van der Waals surface area contributed by atoms with E-state index in [9.17, 15) is 9.90 Å². The molecule has 2 rings (SSSR count). The van der Waals surface area contributed by atoms with Gasteiger partial charge in [0.2, 0.25) is 5.91 Å². The highest BCUT2D eigenvalue weighted by molar-refractivity contribution is 5.84. The van der Waals surface area contributed by atoms with Crippen LogP contribution in [0.4, 0.5) is 0 Å². The van der Waals surface area contributed by atoms with Crippen molar-refractivity contribution in [3.05, 3.63) is 35.5 Å². The molecular formula is C18H26N2O2. The first-order chi connectivity index (χ1) is 10.5. The summed E-state index contributed by atoms with van der Waals surface area (Å²) in [5.41, 5.74) is 2.70. The van der Waals surface area contributed by atoms with Crippen LogP contribution in [0.1, 0.15) is 44.2 Å². The van der Waals surface area contributed by atoms with Crippen molar-refractivity contribution in [2.45, 2.75) is 52.1 Å². The van der Waals surface area contributed by atoms with Crippen molar-refractivity contribution in [3.8, 4) is 0 Å². The number of carbonyl (C=O) groups excluding carboxylic acids is 1. The smallest absolute Gasteiger partial charge is 0.220 e. The number of nitrogens with one attached hydrogen (secondary N) is 2. The SMILES string of the molecule is CCC(O)(CC)CNC(=O)CCc1c[nH]c2ccc(C)cc12. The molecule has 0 atom stereocenters. The molecule has 0 fully saturated rings. The van der Waals surface area contributed by atoms with E-state index in [2.05, 4.69) is 35.4 Å². The quantitative estimate of drug-likeness (QED) is 0.736. The van der Waals surface area contributed by atoms with Crippen LogP contribution in [0.5, 0.6) is 0 Å². The number of H-pyrrole nitrogens is 1. The summed E-state index contributed by atoms with van der Waals surface area (Å²) >= 11 is 0. The van der Waals surface area contributed by atoms with Crippen LogP contribution >= 0.6 is 0 Å². The summed E-state index contributed by atoms with van der Waals surface area (Å²) in [6.07, 6.45) is 4.40. The number of aromatic nitrogens is 1. The van der Waals surface area contributed by atoms with Gasteiger partial charge >= 0.3 is 0 Å². The van der Waals surface area contributed by atoms with E-state index in [-0.39, 0.29) is 5.91 Å².